The minimum Gasteiger partial charge on any atom is -0.346 e. The number of nitrogens with one attached hydrogen (secondary N) is 1. The molecule has 0 aliphatic heterocycles. The molecule has 134 valence electrons. The Bertz CT molecular complexity index is 983. The molecule has 0 aliphatic rings. The van der Waals surface area contributed by atoms with Gasteiger partial charge in [-0.3, -0.25) is 14.3 Å². The number of halogens is 1. The summed E-state index contributed by atoms with van der Waals surface area (Å²) in [4.78, 5) is 28.5. The Morgan fingerprint density at radius 2 is 2.12 bits per heavy atom. The first-order chi connectivity index (χ1) is 12.5. The first-order valence-electron chi connectivity index (χ1n) is 7.95. The lowest BCUT2D eigenvalue weighted by atomic mass is 10.2. The lowest BCUT2D eigenvalue weighted by Gasteiger charge is -2.15. The predicted molar refractivity (Wildman–Crippen MR) is 91.5 cm³/mol. The summed E-state index contributed by atoms with van der Waals surface area (Å²) in [7, 11) is 0. The number of para-hydroxylation sites is 1. The standard InChI is InChI=1S/C17H17FN6O2/c1-11(8-23-10-19-9-20-23)21-17(26)16-15(25)7-12(2)24(22-16)14-6-4-3-5-13(14)18/h3-7,9-11H,8H2,1-2H3,(H,21,26). The highest BCUT2D eigenvalue weighted by atomic mass is 19.1. The van der Waals surface area contributed by atoms with Gasteiger partial charge in [-0.1, -0.05) is 12.1 Å². The third kappa shape index (κ3) is 3.66. The van der Waals surface area contributed by atoms with E-state index in [-0.39, 0.29) is 17.4 Å². The summed E-state index contributed by atoms with van der Waals surface area (Å²) in [5.41, 5.74) is -0.244. The van der Waals surface area contributed by atoms with Crippen LogP contribution >= 0.6 is 0 Å². The molecular weight excluding hydrogens is 339 g/mol. The van der Waals surface area contributed by atoms with E-state index >= 15 is 0 Å². The Morgan fingerprint density at radius 1 is 1.35 bits per heavy atom. The van der Waals surface area contributed by atoms with Gasteiger partial charge in [0.25, 0.3) is 5.91 Å². The van der Waals surface area contributed by atoms with E-state index in [4.69, 9.17) is 0 Å². The zero-order chi connectivity index (χ0) is 18.7. The van der Waals surface area contributed by atoms with E-state index in [1.165, 1.54) is 35.5 Å². The molecule has 1 atom stereocenters. The number of hydrogen-bond acceptors (Lipinski definition) is 5. The first kappa shape index (κ1) is 17.5. The minimum absolute atomic E-state index is 0.162. The summed E-state index contributed by atoms with van der Waals surface area (Å²) in [5, 5.41) is 10.7. The van der Waals surface area contributed by atoms with Gasteiger partial charge >= 0.3 is 0 Å². The molecule has 3 rings (SSSR count). The molecule has 2 heterocycles. The fourth-order valence-corrected chi connectivity index (χ4v) is 2.52. The summed E-state index contributed by atoms with van der Waals surface area (Å²) in [6.45, 7) is 3.78. The van der Waals surface area contributed by atoms with E-state index in [1.54, 1.807) is 30.7 Å². The van der Waals surface area contributed by atoms with Crippen LogP contribution in [-0.2, 0) is 6.54 Å². The van der Waals surface area contributed by atoms with Crippen LogP contribution in [0.15, 0.2) is 47.8 Å². The summed E-state index contributed by atoms with van der Waals surface area (Å²) in [5.74, 6) is -1.13. The molecule has 1 amide bonds. The quantitative estimate of drug-likeness (QED) is 0.738. The number of carbonyl (C=O) groups excluding carboxylic acids is 1. The van der Waals surface area contributed by atoms with Crippen molar-refractivity contribution < 1.29 is 9.18 Å². The van der Waals surface area contributed by atoms with Crippen molar-refractivity contribution in [1.29, 1.82) is 0 Å². The number of aromatic nitrogens is 5. The third-order valence-corrected chi connectivity index (χ3v) is 3.71. The van der Waals surface area contributed by atoms with Crippen LogP contribution in [0.3, 0.4) is 0 Å². The van der Waals surface area contributed by atoms with Crippen molar-refractivity contribution in [3.63, 3.8) is 0 Å². The van der Waals surface area contributed by atoms with Gasteiger partial charge in [0.1, 0.15) is 24.2 Å². The van der Waals surface area contributed by atoms with Gasteiger partial charge in [-0.05, 0) is 26.0 Å². The highest BCUT2D eigenvalue weighted by Gasteiger charge is 2.18. The number of carbonyl (C=O) groups is 1. The van der Waals surface area contributed by atoms with E-state index < -0.39 is 17.2 Å². The van der Waals surface area contributed by atoms with Crippen LogP contribution in [0.25, 0.3) is 5.69 Å². The van der Waals surface area contributed by atoms with Gasteiger partial charge < -0.3 is 5.32 Å². The molecule has 1 N–H and O–H groups in total. The Kier molecular flexibility index (Phi) is 4.87. The van der Waals surface area contributed by atoms with Gasteiger partial charge in [-0.15, -0.1) is 0 Å². The topological polar surface area (TPSA) is 94.7 Å². The van der Waals surface area contributed by atoms with Gasteiger partial charge in [0.05, 0.1) is 6.54 Å². The highest BCUT2D eigenvalue weighted by Crippen LogP contribution is 2.13. The number of amides is 1. The molecule has 0 fully saturated rings. The molecule has 2 aromatic heterocycles. The summed E-state index contributed by atoms with van der Waals surface area (Å²) < 4.78 is 16.9. The van der Waals surface area contributed by atoms with E-state index in [9.17, 15) is 14.0 Å². The van der Waals surface area contributed by atoms with E-state index in [0.29, 0.717) is 12.2 Å². The molecule has 0 spiro atoms. The van der Waals surface area contributed by atoms with Crippen LogP contribution in [0.4, 0.5) is 4.39 Å². The van der Waals surface area contributed by atoms with Crippen molar-refractivity contribution in [2.45, 2.75) is 26.4 Å². The van der Waals surface area contributed by atoms with Gasteiger partial charge in [0, 0.05) is 17.8 Å². The Labute approximate surface area is 148 Å². The zero-order valence-corrected chi connectivity index (χ0v) is 14.3. The monoisotopic (exact) mass is 356 g/mol. The van der Waals surface area contributed by atoms with Gasteiger partial charge in [0.2, 0.25) is 5.43 Å². The fraction of sp³-hybridized carbons (Fsp3) is 0.235. The summed E-state index contributed by atoms with van der Waals surface area (Å²) in [6.07, 6.45) is 2.92. The molecule has 0 saturated carbocycles. The molecule has 8 nitrogen and oxygen atoms in total. The minimum atomic E-state index is -0.632. The number of rotatable bonds is 5. The smallest absolute Gasteiger partial charge is 0.276 e. The van der Waals surface area contributed by atoms with Crippen LogP contribution in [0, 0.1) is 12.7 Å². The van der Waals surface area contributed by atoms with Crippen LogP contribution in [0.2, 0.25) is 0 Å². The van der Waals surface area contributed by atoms with Crippen LogP contribution in [-0.4, -0.2) is 36.5 Å². The van der Waals surface area contributed by atoms with Crippen molar-refractivity contribution in [2.75, 3.05) is 0 Å². The van der Waals surface area contributed by atoms with Crippen LogP contribution < -0.4 is 10.7 Å². The largest absolute Gasteiger partial charge is 0.346 e. The van der Waals surface area contributed by atoms with Crippen molar-refractivity contribution in [3.8, 4) is 5.69 Å². The van der Waals surface area contributed by atoms with Crippen LogP contribution in [0.1, 0.15) is 23.1 Å². The second-order valence-corrected chi connectivity index (χ2v) is 5.85. The second kappa shape index (κ2) is 7.26. The molecule has 3 aromatic rings. The zero-order valence-electron chi connectivity index (χ0n) is 14.3. The average Bonchev–Trinajstić information content (AvgIpc) is 3.08. The van der Waals surface area contributed by atoms with Crippen molar-refractivity contribution >= 4 is 5.91 Å². The summed E-state index contributed by atoms with van der Waals surface area (Å²) >= 11 is 0. The Hall–Kier alpha value is -3.36. The van der Waals surface area contributed by atoms with Crippen molar-refractivity contribution in [3.05, 3.63) is 70.4 Å². The molecule has 0 radical (unpaired) electrons. The highest BCUT2D eigenvalue weighted by molar-refractivity contribution is 5.92. The SMILES string of the molecule is Cc1cc(=O)c(C(=O)NC(C)Cn2cncn2)nn1-c1ccccc1F. The van der Waals surface area contributed by atoms with Crippen molar-refractivity contribution in [1.82, 2.24) is 29.9 Å². The number of nitrogens with zero attached hydrogens (tertiary/aromatic N) is 5. The van der Waals surface area contributed by atoms with Gasteiger partial charge in [0.15, 0.2) is 5.69 Å². The molecule has 0 bridgehead atoms. The normalized spacial score (nSPS) is 12.0. The number of hydrogen-bond donors (Lipinski definition) is 1. The average molecular weight is 356 g/mol. The molecule has 1 unspecified atom stereocenters. The maximum absolute atomic E-state index is 14.1. The molecule has 26 heavy (non-hydrogen) atoms. The third-order valence-electron chi connectivity index (χ3n) is 3.71. The van der Waals surface area contributed by atoms with Crippen LogP contribution in [0.5, 0.6) is 0 Å². The van der Waals surface area contributed by atoms with E-state index in [2.05, 4.69) is 20.5 Å². The van der Waals surface area contributed by atoms with Gasteiger partial charge in [-0.2, -0.15) is 10.2 Å². The first-order valence-corrected chi connectivity index (χ1v) is 7.95. The number of aryl methyl sites for hydroxylation is 1. The van der Waals surface area contributed by atoms with E-state index in [0.717, 1.165) is 0 Å². The lowest BCUT2D eigenvalue weighted by molar-refractivity contribution is 0.0928. The maximum atomic E-state index is 14.1. The molecule has 1 aromatic carbocycles. The summed E-state index contributed by atoms with van der Waals surface area (Å²) in [6, 6.07) is 6.96. The maximum Gasteiger partial charge on any atom is 0.276 e. The molecule has 0 aliphatic carbocycles. The molecule has 0 saturated heterocycles. The molecule has 9 heteroatoms. The Morgan fingerprint density at radius 3 is 2.81 bits per heavy atom. The lowest BCUT2D eigenvalue weighted by Crippen LogP contribution is -2.39. The predicted octanol–water partition coefficient (Wildman–Crippen LogP) is 1.09. The fourth-order valence-electron chi connectivity index (χ4n) is 2.52. The number of benzene rings is 1. The van der Waals surface area contributed by atoms with E-state index in [1.807, 2.05) is 0 Å². The Balaban J connectivity index is 1.87. The van der Waals surface area contributed by atoms with Crippen molar-refractivity contribution in [2.24, 2.45) is 0 Å². The molecular formula is C17H17FN6O2. The van der Waals surface area contributed by atoms with Gasteiger partial charge in [-0.25, -0.2) is 14.1 Å². The second-order valence-electron chi connectivity index (χ2n) is 5.85.